The normalized spacial score (nSPS) is 10.5. The molecule has 25 heavy (non-hydrogen) atoms. The van der Waals surface area contributed by atoms with Gasteiger partial charge in [-0.25, -0.2) is 0 Å². The van der Waals surface area contributed by atoms with Gasteiger partial charge in [0.1, 0.15) is 11.5 Å². The number of nitrogens with zero attached hydrogens (tertiary/aromatic N) is 4. The number of carbonyl (C=O) groups excluding carboxylic acids is 1. The van der Waals surface area contributed by atoms with E-state index in [1.165, 1.54) is 5.56 Å². The van der Waals surface area contributed by atoms with Gasteiger partial charge in [0.05, 0.1) is 0 Å². The van der Waals surface area contributed by atoms with Gasteiger partial charge in [-0.1, -0.05) is 5.16 Å². The van der Waals surface area contributed by atoms with E-state index < -0.39 is 0 Å². The molecule has 7 nitrogen and oxygen atoms in total. The van der Waals surface area contributed by atoms with Gasteiger partial charge in [0.15, 0.2) is 5.82 Å². The lowest BCUT2D eigenvalue weighted by Crippen LogP contribution is -2.21. The number of aryl methyl sites for hydroxylation is 1. The summed E-state index contributed by atoms with van der Waals surface area (Å²) in [5.74, 6) is 0.686. The minimum atomic E-state index is -0.322. The number of nitrogens with one attached hydrogen (secondary N) is 1. The molecule has 0 atom stereocenters. The summed E-state index contributed by atoms with van der Waals surface area (Å²) in [6.45, 7) is 2.58. The first kappa shape index (κ1) is 16.6. The van der Waals surface area contributed by atoms with Crippen LogP contribution >= 0.6 is 0 Å². The molecule has 0 radical (unpaired) electrons. The first-order valence-electron chi connectivity index (χ1n) is 7.92. The van der Waals surface area contributed by atoms with Crippen molar-refractivity contribution in [2.45, 2.75) is 13.3 Å². The third kappa shape index (κ3) is 4.41. The number of likely N-dealkylation sites (N-methyl/N-ethyl adjacent to an activating group) is 1. The second kappa shape index (κ2) is 7.57. The fourth-order valence-electron chi connectivity index (χ4n) is 2.36. The number of rotatable bonds is 6. The molecule has 1 amide bonds. The van der Waals surface area contributed by atoms with Gasteiger partial charge in [0.2, 0.25) is 0 Å². The lowest BCUT2D eigenvalue weighted by Gasteiger charge is -2.19. The monoisotopic (exact) mass is 337 g/mol. The van der Waals surface area contributed by atoms with Crippen molar-refractivity contribution in [3.63, 3.8) is 0 Å². The molecule has 0 saturated heterocycles. The Morgan fingerprint density at radius 3 is 2.72 bits per heavy atom. The molecular formula is C18H19N5O2. The van der Waals surface area contributed by atoms with Gasteiger partial charge < -0.3 is 14.7 Å². The van der Waals surface area contributed by atoms with Crippen LogP contribution in [0.4, 0.5) is 11.5 Å². The molecule has 0 unspecified atom stereocenters. The van der Waals surface area contributed by atoms with Crippen LogP contribution in [0, 0.1) is 6.92 Å². The highest BCUT2D eigenvalue weighted by molar-refractivity contribution is 6.02. The van der Waals surface area contributed by atoms with E-state index in [1.807, 2.05) is 25.2 Å². The van der Waals surface area contributed by atoms with Gasteiger partial charge in [-0.05, 0) is 43.2 Å². The summed E-state index contributed by atoms with van der Waals surface area (Å²) in [4.78, 5) is 22.5. The molecule has 1 N–H and O–H groups in total. The van der Waals surface area contributed by atoms with E-state index in [1.54, 1.807) is 37.6 Å². The molecule has 3 aromatic heterocycles. The molecule has 0 aliphatic rings. The standard InChI is InChI=1S/C18H19N5O2/c1-13-11-17(22-25-13)21-18(24)16-12-15(5-9-20-16)23(2)10-6-14-3-7-19-8-4-14/h3-5,7-9,11-12H,6,10H2,1-2H3,(H,21,22,24). The minimum absolute atomic E-state index is 0.322. The quantitative estimate of drug-likeness (QED) is 0.744. The maximum absolute atomic E-state index is 12.3. The van der Waals surface area contributed by atoms with Crippen molar-refractivity contribution in [3.8, 4) is 0 Å². The first-order chi connectivity index (χ1) is 12.1. The van der Waals surface area contributed by atoms with Crippen LogP contribution in [0.1, 0.15) is 21.8 Å². The lowest BCUT2D eigenvalue weighted by molar-refractivity contribution is 0.102. The second-order valence-corrected chi connectivity index (χ2v) is 5.70. The van der Waals surface area contributed by atoms with Crippen molar-refractivity contribution in [1.29, 1.82) is 0 Å². The number of hydrogen-bond acceptors (Lipinski definition) is 6. The zero-order valence-electron chi connectivity index (χ0n) is 14.1. The SMILES string of the molecule is Cc1cc(NC(=O)c2cc(N(C)CCc3ccncc3)ccn2)no1. The Hall–Kier alpha value is -3.22. The van der Waals surface area contributed by atoms with E-state index in [2.05, 4.69) is 25.3 Å². The average Bonchev–Trinajstić information content (AvgIpc) is 3.05. The molecule has 3 heterocycles. The van der Waals surface area contributed by atoms with Crippen LogP contribution in [0.2, 0.25) is 0 Å². The summed E-state index contributed by atoms with van der Waals surface area (Å²) >= 11 is 0. The summed E-state index contributed by atoms with van der Waals surface area (Å²) in [7, 11) is 1.99. The van der Waals surface area contributed by atoms with E-state index in [0.717, 1.165) is 18.7 Å². The predicted octanol–water partition coefficient (Wildman–Crippen LogP) is 2.70. The zero-order chi connectivity index (χ0) is 17.6. The molecule has 0 bridgehead atoms. The molecule has 0 aromatic carbocycles. The third-order valence-electron chi connectivity index (χ3n) is 3.77. The topological polar surface area (TPSA) is 84.2 Å². The number of amides is 1. The van der Waals surface area contributed by atoms with Crippen LogP contribution in [-0.2, 0) is 6.42 Å². The first-order valence-corrected chi connectivity index (χ1v) is 7.92. The van der Waals surface area contributed by atoms with Crippen LogP contribution in [0.3, 0.4) is 0 Å². The maximum atomic E-state index is 12.3. The summed E-state index contributed by atoms with van der Waals surface area (Å²) in [5.41, 5.74) is 2.47. The fourth-order valence-corrected chi connectivity index (χ4v) is 2.36. The van der Waals surface area contributed by atoms with Gasteiger partial charge >= 0.3 is 0 Å². The Morgan fingerprint density at radius 2 is 2.00 bits per heavy atom. The van der Waals surface area contributed by atoms with Crippen LogP contribution in [0.25, 0.3) is 0 Å². The lowest BCUT2D eigenvalue weighted by atomic mass is 10.2. The van der Waals surface area contributed by atoms with Crippen LogP contribution in [0.15, 0.2) is 53.4 Å². The highest BCUT2D eigenvalue weighted by atomic mass is 16.5. The highest BCUT2D eigenvalue weighted by Gasteiger charge is 2.12. The van der Waals surface area contributed by atoms with Crippen LogP contribution in [-0.4, -0.2) is 34.6 Å². The average molecular weight is 337 g/mol. The smallest absolute Gasteiger partial charge is 0.275 e. The summed E-state index contributed by atoms with van der Waals surface area (Å²) in [5, 5.41) is 6.42. The highest BCUT2D eigenvalue weighted by Crippen LogP contribution is 2.15. The molecular weight excluding hydrogens is 318 g/mol. The molecule has 128 valence electrons. The van der Waals surface area contributed by atoms with Crippen molar-refractivity contribution in [3.05, 3.63) is 65.9 Å². The van der Waals surface area contributed by atoms with Gasteiger partial charge in [-0.2, -0.15) is 0 Å². The van der Waals surface area contributed by atoms with Gasteiger partial charge in [-0.3, -0.25) is 14.8 Å². The number of hydrogen-bond donors (Lipinski definition) is 1. The van der Waals surface area contributed by atoms with Crippen LogP contribution in [0.5, 0.6) is 0 Å². The second-order valence-electron chi connectivity index (χ2n) is 5.70. The molecule has 3 rings (SSSR count). The Labute approximate surface area is 145 Å². The Kier molecular flexibility index (Phi) is 5.03. The predicted molar refractivity (Wildman–Crippen MR) is 94.6 cm³/mol. The van der Waals surface area contributed by atoms with Gasteiger partial charge in [-0.15, -0.1) is 0 Å². The number of pyridine rings is 2. The van der Waals surface area contributed by atoms with Crippen molar-refractivity contribution >= 4 is 17.4 Å². The molecule has 7 heteroatoms. The van der Waals surface area contributed by atoms with Gasteiger partial charge in [0, 0.05) is 43.9 Å². The van der Waals surface area contributed by atoms with E-state index in [9.17, 15) is 4.79 Å². The summed E-state index contributed by atoms with van der Waals surface area (Å²) < 4.78 is 4.94. The Morgan fingerprint density at radius 1 is 1.20 bits per heavy atom. The van der Waals surface area contributed by atoms with Crippen LogP contribution < -0.4 is 10.2 Å². The Balaban J connectivity index is 1.64. The van der Waals surface area contributed by atoms with Crippen molar-refractivity contribution in [2.75, 3.05) is 23.8 Å². The number of aromatic nitrogens is 3. The van der Waals surface area contributed by atoms with Gasteiger partial charge in [0.25, 0.3) is 5.91 Å². The zero-order valence-corrected chi connectivity index (χ0v) is 14.1. The van der Waals surface area contributed by atoms with Crippen molar-refractivity contribution in [1.82, 2.24) is 15.1 Å². The van der Waals surface area contributed by atoms with Crippen molar-refractivity contribution < 1.29 is 9.32 Å². The maximum Gasteiger partial charge on any atom is 0.275 e. The van der Waals surface area contributed by atoms with E-state index in [0.29, 0.717) is 17.3 Å². The molecule has 0 saturated carbocycles. The number of carbonyl (C=O) groups is 1. The van der Waals surface area contributed by atoms with Crippen molar-refractivity contribution in [2.24, 2.45) is 0 Å². The molecule has 3 aromatic rings. The summed E-state index contributed by atoms with van der Waals surface area (Å²) in [6.07, 6.45) is 6.09. The number of anilines is 2. The molecule has 0 aliphatic heterocycles. The molecule has 0 fully saturated rings. The minimum Gasteiger partial charge on any atom is -0.374 e. The molecule has 0 spiro atoms. The summed E-state index contributed by atoms with van der Waals surface area (Å²) in [6, 6.07) is 9.29. The third-order valence-corrected chi connectivity index (χ3v) is 3.77. The van der Waals surface area contributed by atoms with E-state index in [-0.39, 0.29) is 5.91 Å². The van der Waals surface area contributed by atoms with E-state index in [4.69, 9.17) is 4.52 Å². The van der Waals surface area contributed by atoms with E-state index >= 15 is 0 Å². The largest absolute Gasteiger partial charge is 0.374 e. The Bertz CT molecular complexity index is 847. The molecule has 0 aliphatic carbocycles. The fraction of sp³-hybridized carbons (Fsp3) is 0.222.